The van der Waals surface area contributed by atoms with Gasteiger partial charge in [-0.15, -0.1) is 0 Å². The van der Waals surface area contributed by atoms with Gasteiger partial charge in [0, 0.05) is 0 Å². The third-order valence-electron chi connectivity index (χ3n) is 2.56. The molecule has 0 saturated heterocycles. The Bertz CT molecular complexity index is 382. The highest BCUT2D eigenvalue weighted by Crippen LogP contribution is 2.10. The van der Waals surface area contributed by atoms with Crippen LogP contribution >= 0.6 is 0 Å². The zero-order valence-electron chi connectivity index (χ0n) is 14.4. The number of para-hydroxylation sites is 2. The predicted molar refractivity (Wildman–Crippen MR) is 95.8 cm³/mol. The molecule has 0 aliphatic heterocycles. The Morgan fingerprint density at radius 3 is 1.18 bits per heavy atom. The quantitative estimate of drug-likeness (QED) is 0.586. The van der Waals surface area contributed by atoms with E-state index in [1.807, 2.05) is 88.4 Å². The van der Waals surface area contributed by atoms with Crippen molar-refractivity contribution in [3.8, 4) is 11.5 Å². The van der Waals surface area contributed by atoms with Crippen LogP contribution < -0.4 is 9.47 Å². The number of hydrogen-bond acceptors (Lipinski definition) is 2. The lowest BCUT2D eigenvalue weighted by Gasteiger charge is -2.07. The molecule has 2 nitrogen and oxygen atoms in total. The third-order valence-corrected chi connectivity index (χ3v) is 2.56. The number of hydrogen-bond donors (Lipinski definition) is 0. The molecule has 2 aromatic carbocycles. The molecule has 0 radical (unpaired) electrons. The van der Waals surface area contributed by atoms with Crippen molar-refractivity contribution >= 4 is 0 Å². The minimum Gasteiger partial charge on any atom is -0.494 e. The molecule has 122 valence electrons. The van der Waals surface area contributed by atoms with Crippen LogP contribution in [0.25, 0.3) is 0 Å². The Morgan fingerprint density at radius 2 is 0.864 bits per heavy atom. The summed E-state index contributed by atoms with van der Waals surface area (Å²) in [5.74, 6) is 1.86. The van der Waals surface area contributed by atoms with Gasteiger partial charge in [0.05, 0.1) is 13.2 Å². The summed E-state index contributed by atoms with van der Waals surface area (Å²) >= 11 is 0. The monoisotopic (exact) mass is 302 g/mol. The molecule has 0 aliphatic rings. The third kappa shape index (κ3) is 9.87. The molecule has 0 spiro atoms. The van der Waals surface area contributed by atoms with Crippen LogP contribution in [-0.4, -0.2) is 13.2 Å². The van der Waals surface area contributed by atoms with Gasteiger partial charge in [0.25, 0.3) is 0 Å². The molecule has 0 heterocycles. The number of unbranched alkanes of at least 4 members (excludes halogenated alkanes) is 1. The second-order valence-corrected chi connectivity index (χ2v) is 4.03. The van der Waals surface area contributed by atoms with E-state index in [0.717, 1.165) is 37.6 Å². The standard InChI is InChI=1S/C16H18O2.2C2H6/c1-3-9-15(10-4-1)17-13-7-8-14-18-16-11-5-2-6-12-16;2*1-2/h1-6,9-12H,7-8,13-14H2;2*1-2H3. The fourth-order valence-electron chi connectivity index (χ4n) is 1.62. The first kappa shape index (κ1) is 20.0. The van der Waals surface area contributed by atoms with E-state index in [1.54, 1.807) is 0 Å². The topological polar surface area (TPSA) is 18.5 Å². The minimum atomic E-state index is 0.738. The SMILES string of the molecule is CC.CC.c1ccc(OCCCCOc2ccccc2)cc1. The van der Waals surface area contributed by atoms with E-state index < -0.39 is 0 Å². The van der Waals surface area contributed by atoms with Gasteiger partial charge >= 0.3 is 0 Å². The van der Waals surface area contributed by atoms with Gasteiger partial charge in [0.1, 0.15) is 11.5 Å². The van der Waals surface area contributed by atoms with Crippen LogP contribution in [0.1, 0.15) is 40.5 Å². The van der Waals surface area contributed by atoms with E-state index in [-0.39, 0.29) is 0 Å². The maximum absolute atomic E-state index is 5.60. The lowest BCUT2D eigenvalue weighted by molar-refractivity contribution is 0.266. The zero-order chi connectivity index (χ0) is 16.5. The second-order valence-electron chi connectivity index (χ2n) is 4.03. The highest BCUT2D eigenvalue weighted by Gasteiger charge is 1.94. The summed E-state index contributed by atoms with van der Waals surface area (Å²) in [6, 6.07) is 19.8. The Kier molecular flexibility index (Phi) is 14.1. The van der Waals surface area contributed by atoms with Gasteiger partial charge in [-0.2, -0.15) is 0 Å². The van der Waals surface area contributed by atoms with E-state index in [0.29, 0.717) is 0 Å². The van der Waals surface area contributed by atoms with Gasteiger partial charge < -0.3 is 9.47 Å². The van der Waals surface area contributed by atoms with Crippen LogP contribution in [0.4, 0.5) is 0 Å². The molecule has 2 rings (SSSR count). The largest absolute Gasteiger partial charge is 0.494 e. The molecular formula is C20H30O2. The molecule has 0 atom stereocenters. The molecular weight excluding hydrogens is 272 g/mol. The molecule has 0 bridgehead atoms. The summed E-state index contributed by atoms with van der Waals surface area (Å²) < 4.78 is 11.2. The van der Waals surface area contributed by atoms with E-state index in [9.17, 15) is 0 Å². The molecule has 22 heavy (non-hydrogen) atoms. The number of rotatable bonds is 7. The number of ether oxygens (including phenoxy) is 2. The molecule has 0 aromatic heterocycles. The Balaban J connectivity index is 0.00000102. The van der Waals surface area contributed by atoms with Gasteiger partial charge in [-0.25, -0.2) is 0 Å². The average Bonchev–Trinajstić information content (AvgIpc) is 2.63. The van der Waals surface area contributed by atoms with Crippen LogP contribution in [0.3, 0.4) is 0 Å². The van der Waals surface area contributed by atoms with Gasteiger partial charge in [0.15, 0.2) is 0 Å². The Hall–Kier alpha value is -1.96. The highest BCUT2D eigenvalue weighted by molar-refractivity contribution is 5.21. The lowest BCUT2D eigenvalue weighted by atomic mass is 10.3. The molecule has 0 saturated carbocycles. The first-order valence-electron chi connectivity index (χ1n) is 8.31. The predicted octanol–water partition coefficient (Wildman–Crippen LogP) is 5.98. The molecule has 0 aliphatic carbocycles. The summed E-state index contributed by atoms with van der Waals surface area (Å²) in [7, 11) is 0. The van der Waals surface area contributed by atoms with E-state index in [2.05, 4.69) is 0 Å². The van der Waals surface area contributed by atoms with Crippen molar-refractivity contribution in [1.29, 1.82) is 0 Å². The van der Waals surface area contributed by atoms with Crippen molar-refractivity contribution in [3.63, 3.8) is 0 Å². The fraction of sp³-hybridized carbons (Fsp3) is 0.400. The molecule has 0 N–H and O–H groups in total. The van der Waals surface area contributed by atoms with Crippen molar-refractivity contribution in [3.05, 3.63) is 60.7 Å². The molecule has 0 amide bonds. The summed E-state index contributed by atoms with van der Waals surface area (Å²) in [6.07, 6.45) is 2.00. The Morgan fingerprint density at radius 1 is 0.545 bits per heavy atom. The van der Waals surface area contributed by atoms with Gasteiger partial charge in [-0.05, 0) is 37.1 Å². The summed E-state index contributed by atoms with van der Waals surface area (Å²) in [5.41, 5.74) is 0. The summed E-state index contributed by atoms with van der Waals surface area (Å²) in [4.78, 5) is 0. The van der Waals surface area contributed by atoms with Crippen molar-refractivity contribution in [2.24, 2.45) is 0 Å². The van der Waals surface area contributed by atoms with E-state index >= 15 is 0 Å². The normalized spacial score (nSPS) is 8.73. The minimum absolute atomic E-state index is 0.738. The van der Waals surface area contributed by atoms with Crippen molar-refractivity contribution in [2.75, 3.05) is 13.2 Å². The van der Waals surface area contributed by atoms with Crippen LogP contribution in [0.15, 0.2) is 60.7 Å². The first-order chi connectivity index (χ1) is 10.9. The molecule has 2 aromatic rings. The van der Waals surface area contributed by atoms with Gasteiger partial charge in [-0.3, -0.25) is 0 Å². The van der Waals surface area contributed by atoms with E-state index in [1.165, 1.54) is 0 Å². The maximum atomic E-state index is 5.60. The van der Waals surface area contributed by atoms with Gasteiger partial charge in [0.2, 0.25) is 0 Å². The average molecular weight is 302 g/mol. The fourth-order valence-corrected chi connectivity index (χ4v) is 1.62. The smallest absolute Gasteiger partial charge is 0.119 e. The summed E-state index contributed by atoms with van der Waals surface area (Å²) in [6.45, 7) is 9.48. The highest BCUT2D eigenvalue weighted by atomic mass is 16.5. The van der Waals surface area contributed by atoms with Gasteiger partial charge in [-0.1, -0.05) is 64.1 Å². The van der Waals surface area contributed by atoms with Crippen molar-refractivity contribution < 1.29 is 9.47 Å². The number of benzene rings is 2. The molecule has 0 unspecified atom stereocenters. The van der Waals surface area contributed by atoms with Crippen molar-refractivity contribution in [1.82, 2.24) is 0 Å². The van der Waals surface area contributed by atoms with Crippen LogP contribution in [0.2, 0.25) is 0 Å². The van der Waals surface area contributed by atoms with Crippen molar-refractivity contribution in [2.45, 2.75) is 40.5 Å². The maximum Gasteiger partial charge on any atom is 0.119 e. The van der Waals surface area contributed by atoms with Crippen LogP contribution in [0.5, 0.6) is 11.5 Å². The molecule has 0 fully saturated rings. The Labute approximate surface area is 136 Å². The zero-order valence-corrected chi connectivity index (χ0v) is 14.4. The lowest BCUT2D eigenvalue weighted by Crippen LogP contribution is -2.02. The second kappa shape index (κ2) is 15.4. The van der Waals surface area contributed by atoms with Crippen LogP contribution in [-0.2, 0) is 0 Å². The van der Waals surface area contributed by atoms with Crippen LogP contribution in [0, 0.1) is 0 Å². The summed E-state index contributed by atoms with van der Waals surface area (Å²) in [5, 5.41) is 0. The molecule has 2 heteroatoms. The van der Waals surface area contributed by atoms with E-state index in [4.69, 9.17) is 9.47 Å². The first-order valence-corrected chi connectivity index (χ1v) is 8.31.